The number of hydrogen-bond donors (Lipinski definition) is 1. The summed E-state index contributed by atoms with van der Waals surface area (Å²) in [5.74, 6) is 0.856. The van der Waals surface area contributed by atoms with Crippen LogP contribution in [0, 0.1) is 0 Å². The Bertz CT molecular complexity index is 578. The van der Waals surface area contributed by atoms with Crippen molar-refractivity contribution in [2.75, 3.05) is 12.8 Å². The summed E-state index contributed by atoms with van der Waals surface area (Å²) < 4.78 is 6.07. The van der Waals surface area contributed by atoms with Gasteiger partial charge in [0.15, 0.2) is 4.67 Å². The number of aryl methyl sites for hydroxylation is 1. The number of anilines is 1. The van der Waals surface area contributed by atoms with E-state index in [-0.39, 0.29) is 5.91 Å². The first kappa shape index (κ1) is 14.7. The van der Waals surface area contributed by atoms with E-state index >= 15 is 0 Å². The van der Waals surface area contributed by atoms with Gasteiger partial charge in [-0.1, -0.05) is 12.1 Å². The van der Waals surface area contributed by atoms with Crippen molar-refractivity contribution in [2.24, 2.45) is 0 Å². The second-order valence-corrected chi connectivity index (χ2v) is 5.48. The largest absolute Gasteiger partial charge is 0.452 e. The molecule has 0 fully saturated rings. The van der Waals surface area contributed by atoms with Crippen molar-refractivity contribution in [1.29, 1.82) is 0 Å². The van der Waals surface area contributed by atoms with Gasteiger partial charge in [0.25, 0.3) is 0 Å². The van der Waals surface area contributed by atoms with Crippen molar-refractivity contribution >= 4 is 27.5 Å². The summed E-state index contributed by atoms with van der Waals surface area (Å²) in [4.78, 5) is 13.7. The standard InChI is InChI=1S/C15H17BrN2O2/c1-18(10-13-7-8-14(16)20-13)15(19)9-4-11-2-5-12(17)6-3-11/h2-3,5-8H,4,9-10,17H2,1H3. The minimum absolute atomic E-state index is 0.0920. The summed E-state index contributed by atoms with van der Waals surface area (Å²) in [6.45, 7) is 0.478. The number of hydrogen-bond acceptors (Lipinski definition) is 3. The molecule has 20 heavy (non-hydrogen) atoms. The summed E-state index contributed by atoms with van der Waals surface area (Å²) >= 11 is 3.25. The maximum absolute atomic E-state index is 12.0. The number of carbonyl (C=O) groups excluding carboxylic acids is 1. The molecule has 2 aromatic rings. The molecule has 4 nitrogen and oxygen atoms in total. The summed E-state index contributed by atoms with van der Waals surface area (Å²) in [6, 6.07) is 11.3. The predicted octanol–water partition coefficient (Wildman–Crippen LogP) is 3.22. The van der Waals surface area contributed by atoms with Gasteiger partial charge in [0.1, 0.15) is 5.76 Å². The number of nitrogens with zero attached hydrogens (tertiary/aromatic N) is 1. The highest BCUT2D eigenvalue weighted by atomic mass is 79.9. The van der Waals surface area contributed by atoms with Crippen LogP contribution in [0.5, 0.6) is 0 Å². The van der Waals surface area contributed by atoms with Crippen molar-refractivity contribution in [3.05, 3.63) is 52.4 Å². The first-order chi connectivity index (χ1) is 9.54. The zero-order chi connectivity index (χ0) is 14.5. The van der Waals surface area contributed by atoms with Gasteiger partial charge in [0.05, 0.1) is 6.54 Å². The van der Waals surface area contributed by atoms with Crippen LogP contribution in [0.25, 0.3) is 0 Å². The summed E-state index contributed by atoms with van der Waals surface area (Å²) in [6.07, 6.45) is 1.19. The Morgan fingerprint density at radius 2 is 1.95 bits per heavy atom. The zero-order valence-corrected chi connectivity index (χ0v) is 12.9. The molecule has 0 bridgehead atoms. The van der Waals surface area contributed by atoms with Crippen molar-refractivity contribution < 1.29 is 9.21 Å². The normalized spacial score (nSPS) is 10.5. The molecule has 0 saturated carbocycles. The lowest BCUT2D eigenvalue weighted by Crippen LogP contribution is -2.26. The number of rotatable bonds is 5. The van der Waals surface area contributed by atoms with Crippen LogP contribution in [-0.4, -0.2) is 17.9 Å². The molecule has 0 spiro atoms. The average molecular weight is 337 g/mol. The van der Waals surface area contributed by atoms with Crippen LogP contribution < -0.4 is 5.73 Å². The van der Waals surface area contributed by atoms with Crippen LogP contribution in [0.2, 0.25) is 0 Å². The van der Waals surface area contributed by atoms with Gasteiger partial charge in [-0.2, -0.15) is 0 Å². The smallest absolute Gasteiger partial charge is 0.223 e. The number of benzene rings is 1. The zero-order valence-electron chi connectivity index (χ0n) is 11.3. The van der Waals surface area contributed by atoms with E-state index in [0.717, 1.165) is 17.0 Å². The fourth-order valence-corrected chi connectivity index (χ4v) is 2.23. The molecular formula is C15H17BrN2O2. The van der Waals surface area contributed by atoms with Gasteiger partial charge < -0.3 is 15.1 Å². The van der Waals surface area contributed by atoms with Gasteiger partial charge in [-0.05, 0) is 52.2 Å². The highest BCUT2D eigenvalue weighted by molar-refractivity contribution is 9.10. The fourth-order valence-electron chi connectivity index (χ4n) is 1.89. The topological polar surface area (TPSA) is 59.5 Å². The lowest BCUT2D eigenvalue weighted by molar-refractivity contribution is -0.130. The van der Waals surface area contributed by atoms with E-state index in [0.29, 0.717) is 24.1 Å². The molecule has 0 unspecified atom stereocenters. The first-order valence-electron chi connectivity index (χ1n) is 6.37. The van der Waals surface area contributed by atoms with Crippen LogP contribution >= 0.6 is 15.9 Å². The number of nitrogen functional groups attached to an aromatic ring is 1. The van der Waals surface area contributed by atoms with Gasteiger partial charge in [-0.15, -0.1) is 0 Å². The molecular weight excluding hydrogens is 320 g/mol. The first-order valence-corrected chi connectivity index (χ1v) is 7.16. The van der Waals surface area contributed by atoms with Gasteiger partial charge in [0.2, 0.25) is 5.91 Å². The molecule has 1 heterocycles. The van der Waals surface area contributed by atoms with Crippen molar-refractivity contribution in [1.82, 2.24) is 4.90 Å². The maximum Gasteiger partial charge on any atom is 0.223 e. The highest BCUT2D eigenvalue weighted by Crippen LogP contribution is 2.16. The number of carbonyl (C=O) groups is 1. The minimum atomic E-state index is 0.0920. The molecule has 1 amide bonds. The van der Waals surface area contributed by atoms with Crippen LogP contribution in [0.3, 0.4) is 0 Å². The Morgan fingerprint density at radius 1 is 1.25 bits per heavy atom. The molecule has 0 saturated heterocycles. The van der Waals surface area contributed by atoms with Crippen LogP contribution in [0.15, 0.2) is 45.5 Å². The Balaban J connectivity index is 1.83. The molecule has 106 valence electrons. The molecule has 0 aliphatic carbocycles. The molecule has 2 rings (SSSR count). The predicted molar refractivity (Wildman–Crippen MR) is 82.1 cm³/mol. The quantitative estimate of drug-likeness (QED) is 0.853. The van der Waals surface area contributed by atoms with Crippen LogP contribution in [0.1, 0.15) is 17.7 Å². The number of halogens is 1. The van der Waals surface area contributed by atoms with Crippen molar-refractivity contribution in [3.8, 4) is 0 Å². The number of furan rings is 1. The summed E-state index contributed by atoms with van der Waals surface area (Å²) in [7, 11) is 1.78. The van der Waals surface area contributed by atoms with Crippen molar-refractivity contribution in [2.45, 2.75) is 19.4 Å². The van der Waals surface area contributed by atoms with Gasteiger partial charge in [-0.25, -0.2) is 0 Å². The molecule has 0 atom stereocenters. The minimum Gasteiger partial charge on any atom is -0.452 e. The molecule has 0 radical (unpaired) electrons. The van der Waals surface area contributed by atoms with E-state index in [1.165, 1.54) is 0 Å². The number of amides is 1. The molecule has 1 aromatic carbocycles. The molecule has 1 aromatic heterocycles. The maximum atomic E-state index is 12.0. The summed E-state index contributed by atoms with van der Waals surface area (Å²) in [5.41, 5.74) is 7.48. The Labute approximate surface area is 126 Å². The van der Waals surface area contributed by atoms with E-state index in [9.17, 15) is 4.79 Å². The van der Waals surface area contributed by atoms with Crippen LogP contribution in [-0.2, 0) is 17.8 Å². The van der Waals surface area contributed by atoms with E-state index in [1.54, 1.807) is 11.9 Å². The fraction of sp³-hybridized carbons (Fsp3) is 0.267. The molecule has 2 N–H and O–H groups in total. The van der Waals surface area contributed by atoms with Crippen molar-refractivity contribution in [3.63, 3.8) is 0 Å². The lowest BCUT2D eigenvalue weighted by Gasteiger charge is -2.15. The van der Waals surface area contributed by atoms with E-state index in [4.69, 9.17) is 10.2 Å². The third-order valence-corrected chi connectivity index (χ3v) is 3.48. The molecule has 0 aliphatic rings. The SMILES string of the molecule is CN(Cc1ccc(Br)o1)C(=O)CCc1ccc(N)cc1. The van der Waals surface area contributed by atoms with Gasteiger partial charge in [-0.3, -0.25) is 4.79 Å². The molecule has 0 aliphatic heterocycles. The lowest BCUT2D eigenvalue weighted by atomic mass is 10.1. The van der Waals surface area contributed by atoms with Gasteiger partial charge in [0, 0.05) is 19.2 Å². The highest BCUT2D eigenvalue weighted by Gasteiger charge is 2.11. The Morgan fingerprint density at radius 3 is 2.55 bits per heavy atom. The van der Waals surface area contributed by atoms with Crippen LogP contribution in [0.4, 0.5) is 5.69 Å². The van der Waals surface area contributed by atoms with E-state index in [1.807, 2.05) is 36.4 Å². The second kappa shape index (κ2) is 6.61. The Kier molecular flexibility index (Phi) is 4.84. The van der Waals surface area contributed by atoms with Gasteiger partial charge >= 0.3 is 0 Å². The average Bonchev–Trinajstić information content (AvgIpc) is 2.83. The van der Waals surface area contributed by atoms with E-state index in [2.05, 4.69) is 15.9 Å². The molecule has 5 heteroatoms. The monoisotopic (exact) mass is 336 g/mol. The Hall–Kier alpha value is -1.75. The second-order valence-electron chi connectivity index (χ2n) is 4.70. The third-order valence-electron chi connectivity index (χ3n) is 3.05. The number of nitrogens with two attached hydrogens (primary N) is 1. The van der Waals surface area contributed by atoms with E-state index < -0.39 is 0 Å². The third kappa shape index (κ3) is 4.13. The summed E-state index contributed by atoms with van der Waals surface area (Å²) in [5, 5.41) is 0.